The molecule has 1 saturated heterocycles. The van der Waals surface area contributed by atoms with E-state index >= 15 is 0 Å². The van der Waals surface area contributed by atoms with E-state index in [0.29, 0.717) is 18.6 Å². The topological polar surface area (TPSA) is 41.6 Å². The van der Waals surface area contributed by atoms with Gasteiger partial charge in [0.15, 0.2) is 0 Å². The van der Waals surface area contributed by atoms with Gasteiger partial charge in [0, 0.05) is 6.54 Å². The van der Waals surface area contributed by atoms with Crippen LogP contribution in [0.2, 0.25) is 0 Å². The number of hydrogen-bond acceptors (Lipinski definition) is 3. The van der Waals surface area contributed by atoms with Crippen LogP contribution < -0.4 is 5.32 Å². The van der Waals surface area contributed by atoms with Crippen molar-refractivity contribution in [1.29, 1.82) is 0 Å². The molecule has 0 aromatic rings. The van der Waals surface area contributed by atoms with E-state index in [2.05, 4.69) is 26.1 Å². The molecule has 2 aliphatic rings. The number of ether oxygens (including phenoxy) is 1. The third kappa shape index (κ3) is 4.43. The van der Waals surface area contributed by atoms with Crippen molar-refractivity contribution < 1.29 is 9.53 Å². The molecule has 2 atom stereocenters. The van der Waals surface area contributed by atoms with Gasteiger partial charge in [-0.25, -0.2) is 0 Å². The van der Waals surface area contributed by atoms with Crippen molar-refractivity contribution >= 4 is 5.91 Å². The smallest absolute Gasteiger partial charge is 0.241 e. The Morgan fingerprint density at radius 3 is 2.62 bits per heavy atom. The number of hydrogen-bond donors (Lipinski definition) is 1. The molecule has 0 spiro atoms. The third-order valence-electron chi connectivity index (χ3n) is 4.76. The fourth-order valence-corrected chi connectivity index (χ4v) is 3.51. The Morgan fingerprint density at radius 2 is 2.00 bits per heavy atom. The molecule has 1 N–H and O–H groups in total. The molecule has 4 nitrogen and oxygen atoms in total. The lowest BCUT2D eigenvalue weighted by molar-refractivity contribution is -0.132. The maximum absolute atomic E-state index is 12.5. The molecule has 1 heterocycles. The minimum atomic E-state index is -0.0174. The summed E-state index contributed by atoms with van der Waals surface area (Å²) >= 11 is 0. The van der Waals surface area contributed by atoms with E-state index in [4.69, 9.17) is 4.74 Å². The summed E-state index contributed by atoms with van der Waals surface area (Å²) in [6.07, 6.45) is 9.07. The molecule has 2 unspecified atom stereocenters. The van der Waals surface area contributed by atoms with Crippen LogP contribution in [0.4, 0.5) is 0 Å². The zero-order valence-corrected chi connectivity index (χ0v) is 13.9. The molecule has 1 aliphatic heterocycles. The van der Waals surface area contributed by atoms with Gasteiger partial charge in [0.2, 0.25) is 5.91 Å². The quantitative estimate of drug-likeness (QED) is 0.785. The molecule has 2 fully saturated rings. The summed E-state index contributed by atoms with van der Waals surface area (Å²) in [5.41, 5.74) is 0. The lowest BCUT2D eigenvalue weighted by Crippen LogP contribution is -2.39. The van der Waals surface area contributed by atoms with Gasteiger partial charge in [-0.1, -0.05) is 46.5 Å². The Balaban J connectivity index is 1.82. The molecular formula is C17H32N2O2. The number of rotatable bonds is 7. The molecule has 21 heavy (non-hydrogen) atoms. The largest absolute Gasteiger partial charge is 0.376 e. The highest BCUT2D eigenvalue weighted by molar-refractivity contribution is 5.84. The van der Waals surface area contributed by atoms with Gasteiger partial charge in [0.1, 0.15) is 0 Å². The monoisotopic (exact) mass is 296 g/mol. The summed E-state index contributed by atoms with van der Waals surface area (Å²) in [5.74, 6) is 0.608. The maximum Gasteiger partial charge on any atom is 0.241 e. The number of nitrogens with one attached hydrogen (secondary N) is 1. The predicted molar refractivity (Wildman–Crippen MR) is 85.0 cm³/mol. The second-order valence-electron chi connectivity index (χ2n) is 6.86. The van der Waals surface area contributed by atoms with E-state index in [0.717, 1.165) is 19.4 Å². The van der Waals surface area contributed by atoms with E-state index in [9.17, 15) is 4.79 Å². The zero-order valence-electron chi connectivity index (χ0n) is 13.9. The maximum atomic E-state index is 12.5. The highest BCUT2D eigenvalue weighted by atomic mass is 16.5. The zero-order chi connectivity index (χ0) is 15.2. The van der Waals surface area contributed by atoms with E-state index in [1.54, 1.807) is 0 Å². The SMILES string of the molecule is CCCC1NC(C(C)C)C(=O)N1CCOC1CCCCC1. The van der Waals surface area contributed by atoms with Crippen molar-refractivity contribution in [2.75, 3.05) is 13.2 Å². The summed E-state index contributed by atoms with van der Waals surface area (Å²) < 4.78 is 5.99. The van der Waals surface area contributed by atoms with Crippen LogP contribution in [0.3, 0.4) is 0 Å². The Labute approximate surface area is 129 Å². The van der Waals surface area contributed by atoms with Crippen molar-refractivity contribution in [3.8, 4) is 0 Å². The molecule has 1 amide bonds. The lowest BCUT2D eigenvalue weighted by atomic mass is 9.98. The van der Waals surface area contributed by atoms with Crippen molar-refractivity contribution in [3.05, 3.63) is 0 Å². The second-order valence-corrected chi connectivity index (χ2v) is 6.86. The minimum absolute atomic E-state index is 0.0174. The molecular weight excluding hydrogens is 264 g/mol. The molecule has 2 rings (SSSR count). The lowest BCUT2D eigenvalue weighted by Gasteiger charge is -2.26. The average Bonchev–Trinajstić information content (AvgIpc) is 2.78. The van der Waals surface area contributed by atoms with Crippen LogP contribution >= 0.6 is 0 Å². The summed E-state index contributed by atoms with van der Waals surface area (Å²) in [4.78, 5) is 14.5. The first-order valence-electron chi connectivity index (χ1n) is 8.81. The summed E-state index contributed by atoms with van der Waals surface area (Å²) in [5, 5.41) is 3.50. The standard InChI is InChI=1S/C17H32N2O2/c1-4-8-15-18-16(13(2)3)17(20)19(15)11-12-21-14-9-6-5-7-10-14/h13-16,18H,4-12H2,1-3H3. The summed E-state index contributed by atoms with van der Waals surface area (Å²) in [6.45, 7) is 7.81. The molecule has 4 heteroatoms. The van der Waals surface area contributed by atoms with Crippen LogP contribution in [0.15, 0.2) is 0 Å². The first kappa shape index (κ1) is 16.8. The average molecular weight is 296 g/mol. The molecule has 0 aromatic heterocycles. The van der Waals surface area contributed by atoms with Gasteiger partial charge in [0.05, 0.1) is 24.9 Å². The molecule has 0 aromatic carbocycles. The number of nitrogens with zero attached hydrogens (tertiary/aromatic N) is 1. The van der Waals surface area contributed by atoms with Crippen LogP contribution in [0.5, 0.6) is 0 Å². The van der Waals surface area contributed by atoms with Crippen LogP contribution in [-0.2, 0) is 9.53 Å². The van der Waals surface area contributed by atoms with Gasteiger partial charge in [0.25, 0.3) is 0 Å². The van der Waals surface area contributed by atoms with Crippen LogP contribution in [0, 0.1) is 5.92 Å². The highest BCUT2D eigenvalue weighted by Gasteiger charge is 2.39. The molecule has 1 aliphatic carbocycles. The molecule has 122 valence electrons. The number of carbonyl (C=O) groups is 1. The summed E-state index contributed by atoms with van der Waals surface area (Å²) in [7, 11) is 0. The van der Waals surface area contributed by atoms with Gasteiger partial charge in [-0.15, -0.1) is 0 Å². The molecule has 1 saturated carbocycles. The van der Waals surface area contributed by atoms with Crippen LogP contribution in [0.1, 0.15) is 65.7 Å². The Kier molecular flexibility index (Phi) is 6.49. The Hall–Kier alpha value is -0.610. The first-order valence-corrected chi connectivity index (χ1v) is 8.81. The fraction of sp³-hybridized carbons (Fsp3) is 0.941. The van der Waals surface area contributed by atoms with E-state index in [-0.39, 0.29) is 18.1 Å². The fourth-order valence-electron chi connectivity index (χ4n) is 3.51. The van der Waals surface area contributed by atoms with Gasteiger partial charge in [-0.05, 0) is 25.2 Å². The Bertz CT molecular complexity index is 327. The normalized spacial score (nSPS) is 27.8. The number of carbonyl (C=O) groups excluding carboxylic acids is 1. The molecule has 0 bridgehead atoms. The number of amides is 1. The van der Waals surface area contributed by atoms with Gasteiger partial charge >= 0.3 is 0 Å². The van der Waals surface area contributed by atoms with Gasteiger partial charge < -0.3 is 9.64 Å². The van der Waals surface area contributed by atoms with Crippen molar-refractivity contribution in [3.63, 3.8) is 0 Å². The third-order valence-corrected chi connectivity index (χ3v) is 4.76. The van der Waals surface area contributed by atoms with Crippen molar-refractivity contribution in [2.24, 2.45) is 5.92 Å². The van der Waals surface area contributed by atoms with E-state index in [1.807, 2.05) is 4.90 Å². The second kappa shape index (κ2) is 8.14. The van der Waals surface area contributed by atoms with Crippen molar-refractivity contribution in [1.82, 2.24) is 10.2 Å². The van der Waals surface area contributed by atoms with E-state index < -0.39 is 0 Å². The first-order chi connectivity index (χ1) is 10.1. The van der Waals surface area contributed by atoms with E-state index in [1.165, 1.54) is 32.1 Å². The van der Waals surface area contributed by atoms with Gasteiger partial charge in [-0.2, -0.15) is 0 Å². The predicted octanol–water partition coefficient (Wildman–Crippen LogP) is 2.92. The van der Waals surface area contributed by atoms with Gasteiger partial charge in [-0.3, -0.25) is 10.1 Å². The van der Waals surface area contributed by atoms with Crippen LogP contribution in [-0.4, -0.2) is 42.3 Å². The molecule has 0 radical (unpaired) electrons. The highest BCUT2D eigenvalue weighted by Crippen LogP contribution is 2.22. The summed E-state index contributed by atoms with van der Waals surface area (Å²) in [6, 6.07) is -0.0174. The van der Waals surface area contributed by atoms with Crippen LogP contribution in [0.25, 0.3) is 0 Å². The minimum Gasteiger partial charge on any atom is -0.376 e. The van der Waals surface area contributed by atoms with Crippen molar-refractivity contribution in [2.45, 2.75) is 84.0 Å². The Morgan fingerprint density at radius 1 is 1.29 bits per heavy atom.